The topological polar surface area (TPSA) is 65.3 Å². The van der Waals surface area contributed by atoms with E-state index in [-0.39, 0.29) is 5.56 Å². The Hall–Kier alpha value is -1.43. The summed E-state index contributed by atoms with van der Waals surface area (Å²) in [6, 6.07) is 0. The largest absolute Gasteiger partial charge is 0.478 e. The van der Waals surface area contributed by atoms with Crippen molar-refractivity contribution in [2.24, 2.45) is 10.3 Å². The summed E-state index contributed by atoms with van der Waals surface area (Å²) >= 11 is 1.29. The van der Waals surface area contributed by atoms with Gasteiger partial charge in [0.15, 0.2) is 0 Å². The molecule has 0 spiro atoms. The molecule has 70 valence electrons. The third kappa shape index (κ3) is 2.51. The van der Waals surface area contributed by atoms with E-state index in [0.29, 0.717) is 5.69 Å². The van der Waals surface area contributed by atoms with Crippen molar-refractivity contribution >= 4 is 23.0 Å². The zero-order valence-corrected chi connectivity index (χ0v) is 8.08. The number of hydrogen-bond acceptors (Lipinski definition) is 4. The highest BCUT2D eigenvalue weighted by Gasteiger charge is 2.09. The van der Waals surface area contributed by atoms with E-state index in [2.05, 4.69) is 10.3 Å². The van der Waals surface area contributed by atoms with Gasteiger partial charge in [-0.25, -0.2) is 4.79 Å². The van der Waals surface area contributed by atoms with Crippen LogP contribution < -0.4 is 0 Å². The van der Waals surface area contributed by atoms with Crippen LogP contribution in [-0.4, -0.2) is 30.2 Å². The van der Waals surface area contributed by atoms with E-state index in [0.717, 1.165) is 0 Å². The number of carboxylic acids is 1. The molecule has 13 heavy (non-hydrogen) atoms. The van der Waals surface area contributed by atoms with Gasteiger partial charge in [0.05, 0.1) is 5.56 Å². The molecule has 0 atom stereocenters. The highest BCUT2D eigenvalue weighted by Crippen LogP contribution is 2.24. The van der Waals surface area contributed by atoms with E-state index in [1.165, 1.54) is 21.7 Å². The summed E-state index contributed by atoms with van der Waals surface area (Å²) in [4.78, 5) is 10.6. The Morgan fingerprint density at radius 3 is 2.77 bits per heavy atom. The van der Waals surface area contributed by atoms with Gasteiger partial charge in [-0.3, -0.25) is 5.01 Å². The molecule has 1 N–H and O–H groups in total. The lowest BCUT2D eigenvalue weighted by Gasteiger charge is -1.99. The van der Waals surface area contributed by atoms with Crippen LogP contribution in [0.1, 0.15) is 10.4 Å². The zero-order valence-electron chi connectivity index (χ0n) is 7.26. The normalized spacial score (nSPS) is 10.6. The van der Waals surface area contributed by atoms with E-state index >= 15 is 0 Å². The molecule has 1 heterocycles. The van der Waals surface area contributed by atoms with Gasteiger partial charge in [0.1, 0.15) is 5.69 Å². The van der Waals surface area contributed by atoms with Crippen LogP contribution in [0, 0.1) is 0 Å². The van der Waals surface area contributed by atoms with Gasteiger partial charge in [-0.15, -0.1) is 16.5 Å². The highest BCUT2D eigenvalue weighted by molar-refractivity contribution is 7.08. The van der Waals surface area contributed by atoms with Crippen LogP contribution in [0.2, 0.25) is 0 Å². The van der Waals surface area contributed by atoms with E-state index in [1.807, 2.05) is 0 Å². The molecule has 0 aliphatic heterocycles. The molecule has 0 amide bonds. The third-order valence-electron chi connectivity index (χ3n) is 1.20. The van der Waals surface area contributed by atoms with Crippen molar-refractivity contribution in [2.45, 2.75) is 0 Å². The van der Waals surface area contributed by atoms with E-state index in [9.17, 15) is 4.79 Å². The fourth-order valence-corrected chi connectivity index (χ4v) is 1.39. The van der Waals surface area contributed by atoms with Gasteiger partial charge in [0.25, 0.3) is 0 Å². The number of aromatic carboxylic acids is 1. The van der Waals surface area contributed by atoms with Crippen LogP contribution in [-0.2, 0) is 0 Å². The van der Waals surface area contributed by atoms with E-state index < -0.39 is 5.97 Å². The summed E-state index contributed by atoms with van der Waals surface area (Å²) < 4.78 is 0. The van der Waals surface area contributed by atoms with Crippen molar-refractivity contribution in [1.82, 2.24) is 5.01 Å². The predicted octanol–water partition coefficient (Wildman–Crippen LogP) is 2.01. The van der Waals surface area contributed by atoms with Gasteiger partial charge in [-0.05, 0) is 0 Å². The lowest BCUT2D eigenvalue weighted by Crippen LogP contribution is -1.99. The molecular weight excluding hydrogens is 190 g/mol. The molecule has 0 aliphatic carbocycles. The summed E-state index contributed by atoms with van der Waals surface area (Å²) in [6.45, 7) is 0. The van der Waals surface area contributed by atoms with Crippen molar-refractivity contribution in [3.05, 3.63) is 16.3 Å². The van der Waals surface area contributed by atoms with Crippen molar-refractivity contribution in [2.75, 3.05) is 14.1 Å². The molecule has 1 aromatic heterocycles. The maximum atomic E-state index is 10.6. The summed E-state index contributed by atoms with van der Waals surface area (Å²) in [7, 11) is 3.44. The first kappa shape index (κ1) is 9.66. The lowest BCUT2D eigenvalue weighted by atomic mass is 10.3. The standard InChI is InChI=1S/C7H9N3O2S/c1-10(2)9-8-6-4-13-3-5(6)7(11)12/h3-4H,1-2H3,(H,11,12). The van der Waals surface area contributed by atoms with Crippen LogP contribution in [0.4, 0.5) is 5.69 Å². The second kappa shape index (κ2) is 3.99. The summed E-state index contributed by atoms with van der Waals surface area (Å²) in [5, 5.41) is 20.9. The van der Waals surface area contributed by atoms with E-state index in [1.54, 1.807) is 19.5 Å². The first-order valence-corrected chi connectivity index (χ1v) is 4.44. The average Bonchev–Trinajstić information content (AvgIpc) is 2.47. The van der Waals surface area contributed by atoms with Gasteiger partial charge < -0.3 is 5.11 Å². The number of hydrogen-bond donors (Lipinski definition) is 1. The maximum Gasteiger partial charge on any atom is 0.338 e. The Morgan fingerprint density at radius 1 is 1.54 bits per heavy atom. The minimum Gasteiger partial charge on any atom is -0.478 e. The summed E-state index contributed by atoms with van der Waals surface area (Å²) in [5.41, 5.74) is 0.585. The summed E-state index contributed by atoms with van der Waals surface area (Å²) in [5.74, 6) is -0.978. The van der Waals surface area contributed by atoms with Crippen LogP contribution in [0.3, 0.4) is 0 Å². The number of carbonyl (C=O) groups is 1. The molecule has 0 bridgehead atoms. The molecule has 1 rings (SSSR count). The molecule has 6 heteroatoms. The molecule has 0 unspecified atom stereocenters. The number of rotatable bonds is 3. The van der Waals surface area contributed by atoms with Crippen LogP contribution in [0.25, 0.3) is 0 Å². The Bertz CT molecular complexity index is 332. The average molecular weight is 199 g/mol. The Labute approximate surface area is 79.3 Å². The molecular formula is C7H9N3O2S. The minimum absolute atomic E-state index is 0.190. The Morgan fingerprint density at radius 2 is 2.23 bits per heavy atom. The molecule has 0 fully saturated rings. The number of nitrogens with zero attached hydrogens (tertiary/aromatic N) is 3. The van der Waals surface area contributed by atoms with Crippen LogP contribution >= 0.6 is 11.3 Å². The molecule has 0 radical (unpaired) electrons. The second-order valence-electron chi connectivity index (χ2n) is 2.51. The first-order chi connectivity index (χ1) is 6.11. The van der Waals surface area contributed by atoms with Crippen LogP contribution in [0.5, 0.6) is 0 Å². The Kier molecular flexibility index (Phi) is 2.97. The fourth-order valence-electron chi connectivity index (χ4n) is 0.665. The zero-order chi connectivity index (χ0) is 9.84. The van der Waals surface area contributed by atoms with Crippen molar-refractivity contribution in [3.63, 3.8) is 0 Å². The van der Waals surface area contributed by atoms with Gasteiger partial charge in [-0.2, -0.15) is 0 Å². The summed E-state index contributed by atoms with van der Waals surface area (Å²) in [6.07, 6.45) is 0. The van der Waals surface area contributed by atoms with Crippen molar-refractivity contribution in [1.29, 1.82) is 0 Å². The number of carboxylic acid groups (broad SMARTS) is 1. The van der Waals surface area contributed by atoms with Gasteiger partial charge in [0.2, 0.25) is 0 Å². The lowest BCUT2D eigenvalue weighted by molar-refractivity contribution is 0.0698. The molecule has 5 nitrogen and oxygen atoms in total. The third-order valence-corrected chi connectivity index (χ3v) is 1.93. The monoisotopic (exact) mass is 199 g/mol. The van der Waals surface area contributed by atoms with Gasteiger partial charge in [0, 0.05) is 24.9 Å². The number of thiophene rings is 1. The van der Waals surface area contributed by atoms with Gasteiger partial charge >= 0.3 is 5.97 Å². The van der Waals surface area contributed by atoms with Crippen molar-refractivity contribution < 1.29 is 9.90 Å². The van der Waals surface area contributed by atoms with Crippen molar-refractivity contribution in [3.8, 4) is 0 Å². The molecule has 0 saturated heterocycles. The highest BCUT2D eigenvalue weighted by atomic mass is 32.1. The quantitative estimate of drug-likeness (QED) is 0.598. The molecule has 1 aromatic rings. The minimum atomic E-state index is -0.978. The van der Waals surface area contributed by atoms with E-state index in [4.69, 9.17) is 5.11 Å². The molecule has 0 aromatic carbocycles. The molecule has 0 aliphatic rings. The molecule has 0 saturated carbocycles. The van der Waals surface area contributed by atoms with Crippen LogP contribution in [0.15, 0.2) is 21.1 Å². The smallest absolute Gasteiger partial charge is 0.338 e. The SMILES string of the molecule is CN(C)N=Nc1cscc1C(=O)O. The Balaban J connectivity index is 2.88. The second-order valence-corrected chi connectivity index (χ2v) is 3.26. The van der Waals surface area contributed by atoms with Gasteiger partial charge in [-0.1, -0.05) is 5.22 Å². The fraction of sp³-hybridized carbons (Fsp3) is 0.286. The first-order valence-electron chi connectivity index (χ1n) is 3.49. The maximum absolute atomic E-state index is 10.6. The predicted molar refractivity (Wildman–Crippen MR) is 49.5 cm³/mol.